The van der Waals surface area contributed by atoms with Crippen LogP contribution in [0.15, 0.2) is 54.7 Å². The summed E-state index contributed by atoms with van der Waals surface area (Å²) in [5, 5.41) is 6.82. The number of nitrogens with one attached hydrogen (secondary N) is 2. The molecule has 2 N–H and O–H groups in total. The van der Waals surface area contributed by atoms with Crippen molar-refractivity contribution in [3.8, 4) is 5.75 Å². The molecule has 0 saturated heterocycles. The summed E-state index contributed by atoms with van der Waals surface area (Å²) >= 11 is 7.60. The van der Waals surface area contributed by atoms with Crippen LogP contribution >= 0.6 is 22.9 Å². The summed E-state index contributed by atoms with van der Waals surface area (Å²) in [4.78, 5) is 29.3. The van der Waals surface area contributed by atoms with Gasteiger partial charge in [-0.25, -0.2) is 4.98 Å². The maximum atomic E-state index is 12.2. The Labute approximate surface area is 183 Å². The number of hydrogen-bond donors (Lipinski definition) is 2. The predicted molar refractivity (Wildman–Crippen MR) is 118 cm³/mol. The van der Waals surface area contributed by atoms with Crippen LogP contribution in [0.25, 0.3) is 0 Å². The minimum Gasteiger partial charge on any atom is -0.484 e. The molecule has 2 amide bonds. The molecule has 1 saturated carbocycles. The van der Waals surface area contributed by atoms with Gasteiger partial charge >= 0.3 is 0 Å². The Morgan fingerprint density at radius 3 is 2.77 bits per heavy atom. The van der Waals surface area contributed by atoms with Crippen molar-refractivity contribution >= 4 is 45.6 Å². The number of nitrogens with zero attached hydrogens (tertiary/aromatic N) is 1. The lowest BCUT2D eigenvalue weighted by atomic mass is 10.1. The minimum atomic E-state index is -0.305. The number of halogens is 1. The number of anilines is 2. The third kappa shape index (κ3) is 5.58. The van der Waals surface area contributed by atoms with E-state index in [2.05, 4.69) is 15.6 Å². The molecule has 1 aromatic heterocycles. The van der Waals surface area contributed by atoms with E-state index in [1.54, 1.807) is 30.5 Å². The van der Waals surface area contributed by atoms with Gasteiger partial charge in [0.05, 0.1) is 0 Å². The van der Waals surface area contributed by atoms with Gasteiger partial charge in [-0.1, -0.05) is 35.9 Å². The molecule has 0 bridgehead atoms. The molecule has 2 aromatic carbocycles. The molecule has 4 rings (SSSR count). The molecular weight excluding hydrogens is 422 g/mol. The summed E-state index contributed by atoms with van der Waals surface area (Å²) in [6, 6.07) is 14.7. The van der Waals surface area contributed by atoms with E-state index in [1.807, 2.05) is 24.3 Å². The van der Waals surface area contributed by atoms with Crippen molar-refractivity contribution in [3.63, 3.8) is 0 Å². The minimum absolute atomic E-state index is 0.0289. The van der Waals surface area contributed by atoms with E-state index in [1.165, 1.54) is 11.3 Å². The van der Waals surface area contributed by atoms with Gasteiger partial charge in [-0.05, 0) is 36.6 Å². The monoisotopic (exact) mass is 441 g/mol. The van der Waals surface area contributed by atoms with Gasteiger partial charge in [0, 0.05) is 40.2 Å². The molecule has 1 heterocycles. The molecule has 8 heteroatoms. The van der Waals surface area contributed by atoms with Crippen molar-refractivity contribution in [3.05, 3.63) is 70.2 Å². The standard InChI is InChI=1S/C22H20ClN3O3S/c23-19-7-2-1-4-15(19)10-18-12-24-22(30-18)26-20(27)13-29-17-6-3-5-16(11-17)25-21(28)14-8-9-14/h1-7,11-12,14H,8-10,13H2,(H,25,28)(H,24,26,27). The molecule has 0 spiro atoms. The molecule has 30 heavy (non-hydrogen) atoms. The maximum absolute atomic E-state index is 12.2. The smallest absolute Gasteiger partial charge is 0.264 e. The molecule has 0 aliphatic heterocycles. The average Bonchev–Trinajstić information content (AvgIpc) is 3.50. The zero-order valence-electron chi connectivity index (χ0n) is 16.1. The lowest BCUT2D eigenvalue weighted by Crippen LogP contribution is -2.20. The van der Waals surface area contributed by atoms with E-state index < -0.39 is 0 Å². The highest BCUT2D eigenvalue weighted by molar-refractivity contribution is 7.15. The second-order valence-electron chi connectivity index (χ2n) is 7.03. The van der Waals surface area contributed by atoms with Crippen molar-refractivity contribution in [2.45, 2.75) is 19.3 Å². The summed E-state index contributed by atoms with van der Waals surface area (Å²) in [5.74, 6) is 0.362. The van der Waals surface area contributed by atoms with E-state index in [-0.39, 0.29) is 24.3 Å². The second-order valence-corrected chi connectivity index (χ2v) is 8.55. The van der Waals surface area contributed by atoms with Crippen LogP contribution < -0.4 is 15.4 Å². The number of amides is 2. The molecule has 1 fully saturated rings. The molecule has 3 aromatic rings. The van der Waals surface area contributed by atoms with Gasteiger partial charge in [-0.2, -0.15) is 0 Å². The highest BCUT2D eigenvalue weighted by Gasteiger charge is 2.29. The van der Waals surface area contributed by atoms with Crippen LogP contribution in [0.4, 0.5) is 10.8 Å². The Balaban J connectivity index is 1.27. The number of benzene rings is 2. The maximum Gasteiger partial charge on any atom is 0.264 e. The number of carbonyl (C=O) groups excluding carboxylic acids is 2. The van der Waals surface area contributed by atoms with Crippen LogP contribution in [0.5, 0.6) is 5.75 Å². The Bertz CT molecular complexity index is 1070. The quantitative estimate of drug-likeness (QED) is 0.528. The van der Waals surface area contributed by atoms with Crippen molar-refractivity contribution in [2.24, 2.45) is 5.92 Å². The summed E-state index contributed by atoms with van der Waals surface area (Å²) < 4.78 is 5.55. The first-order valence-corrected chi connectivity index (χ1v) is 10.8. The normalized spacial score (nSPS) is 13.0. The number of aromatic nitrogens is 1. The van der Waals surface area contributed by atoms with Crippen LogP contribution in [-0.2, 0) is 16.0 Å². The largest absolute Gasteiger partial charge is 0.484 e. The van der Waals surface area contributed by atoms with Crippen LogP contribution in [-0.4, -0.2) is 23.4 Å². The Kier molecular flexibility index (Phi) is 6.30. The number of carbonyl (C=O) groups is 2. The highest BCUT2D eigenvalue weighted by atomic mass is 35.5. The fraction of sp³-hybridized carbons (Fsp3) is 0.227. The summed E-state index contributed by atoms with van der Waals surface area (Å²) in [5.41, 5.74) is 1.67. The van der Waals surface area contributed by atoms with Gasteiger partial charge in [-0.15, -0.1) is 11.3 Å². The SMILES string of the molecule is O=C(COc1cccc(NC(=O)C2CC2)c1)Nc1ncc(Cc2ccccc2Cl)s1. The van der Waals surface area contributed by atoms with E-state index in [9.17, 15) is 9.59 Å². The van der Waals surface area contributed by atoms with E-state index >= 15 is 0 Å². The molecule has 0 radical (unpaired) electrons. The summed E-state index contributed by atoms with van der Waals surface area (Å²) in [7, 11) is 0. The topological polar surface area (TPSA) is 80.3 Å². The first-order chi connectivity index (χ1) is 14.6. The fourth-order valence-electron chi connectivity index (χ4n) is 2.83. The average molecular weight is 442 g/mol. The van der Waals surface area contributed by atoms with E-state index in [0.717, 1.165) is 23.3 Å². The number of ether oxygens (including phenoxy) is 1. The Morgan fingerprint density at radius 1 is 1.13 bits per heavy atom. The van der Waals surface area contributed by atoms with Crippen LogP contribution in [0.2, 0.25) is 5.02 Å². The molecular formula is C22H20ClN3O3S. The van der Waals surface area contributed by atoms with Crippen molar-refractivity contribution in [1.29, 1.82) is 0 Å². The van der Waals surface area contributed by atoms with Crippen molar-refractivity contribution in [1.82, 2.24) is 4.98 Å². The van der Waals surface area contributed by atoms with Crippen LogP contribution in [0, 0.1) is 5.92 Å². The number of hydrogen-bond acceptors (Lipinski definition) is 5. The van der Waals surface area contributed by atoms with Gasteiger partial charge in [0.2, 0.25) is 5.91 Å². The second kappa shape index (κ2) is 9.28. The third-order valence-corrected chi connectivity index (χ3v) is 5.82. The Morgan fingerprint density at radius 2 is 1.97 bits per heavy atom. The number of rotatable bonds is 8. The van der Waals surface area contributed by atoms with Gasteiger partial charge in [0.15, 0.2) is 11.7 Å². The molecule has 1 aliphatic carbocycles. The Hall–Kier alpha value is -2.90. The van der Waals surface area contributed by atoms with Gasteiger partial charge in [0.1, 0.15) is 5.75 Å². The van der Waals surface area contributed by atoms with Gasteiger partial charge < -0.3 is 10.1 Å². The molecule has 6 nitrogen and oxygen atoms in total. The first-order valence-electron chi connectivity index (χ1n) is 9.58. The zero-order chi connectivity index (χ0) is 20.9. The van der Waals surface area contributed by atoms with Crippen molar-refractivity contribution in [2.75, 3.05) is 17.2 Å². The van der Waals surface area contributed by atoms with E-state index in [4.69, 9.17) is 16.3 Å². The summed E-state index contributed by atoms with van der Waals surface area (Å²) in [6.07, 6.45) is 4.28. The molecule has 154 valence electrons. The molecule has 1 aliphatic rings. The highest BCUT2D eigenvalue weighted by Crippen LogP contribution is 2.30. The van der Waals surface area contributed by atoms with E-state index in [0.29, 0.717) is 28.0 Å². The third-order valence-electron chi connectivity index (χ3n) is 4.54. The lowest BCUT2D eigenvalue weighted by molar-refractivity contribution is -0.118. The van der Waals surface area contributed by atoms with Crippen LogP contribution in [0.1, 0.15) is 23.3 Å². The zero-order valence-corrected chi connectivity index (χ0v) is 17.6. The summed E-state index contributed by atoms with van der Waals surface area (Å²) in [6.45, 7) is -0.153. The first kappa shape index (κ1) is 20.4. The van der Waals surface area contributed by atoms with Crippen LogP contribution in [0.3, 0.4) is 0 Å². The van der Waals surface area contributed by atoms with Crippen molar-refractivity contribution < 1.29 is 14.3 Å². The van der Waals surface area contributed by atoms with Gasteiger partial charge in [-0.3, -0.25) is 14.9 Å². The lowest BCUT2D eigenvalue weighted by Gasteiger charge is -2.08. The molecule has 0 atom stereocenters. The predicted octanol–water partition coefficient (Wildman–Crippen LogP) is 4.75. The van der Waals surface area contributed by atoms with Gasteiger partial charge in [0.25, 0.3) is 5.91 Å². The molecule has 0 unspecified atom stereocenters. The number of thiazole rings is 1. The fourth-order valence-corrected chi connectivity index (χ4v) is 3.89.